The van der Waals surface area contributed by atoms with Crippen LogP contribution in [-0.2, 0) is 0 Å². The molecule has 0 aliphatic rings. The molecule has 0 radical (unpaired) electrons. The summed E-state index contributed by atoms with van der Waals surface area (Å²) >= 11 is 5.77. The maximum atomic E-state index is 5.77. The van der Waals surface area contributed by atoms with Crippen molar-refractivity contribution in [3.8, 4) is 0 Å². The van der Waals surface area contributed by atoms with Crippen molar-refractivity contribution in [2.75, 3.05) is 12.0 Å². The first kappa shape index (κ1) is 9.10. The van der Waals surface area contributed by atoms with Gasteiger partial charge in [0, 0.05) is 15.6 Å². The highest BCUT2D eigenvalue weighted by atomic mass is 35.5. The molecule has 0 bridgehead atoms. The fourth-order valence-electron chi connectivity index (χ4n) is 0.670. The van der Waals surface area contributed by atoms with Crippen molar-refractivity contribution in [2.24, 2.45) is 0 Å². The summed E-state index contributed by atoms with van der Waals surface area (Å²) in [6.45, 7) is 0. The molecule has 0 aromatic heterocycles. The average Bonchev–Trinajstić information content (AvgIpc) is 1.98. The fourth-order valence-corrected chi connectivity index (χ4v) is 2.40. The van der Waals surface area contributed by atoms with Crippen LogP contribution in [-0.4, -0.2) is 6.26 Å². The molecule has 0 atom stereocenters. The molecule has 11 heavy (non-hydrogen) atoms. The van der Waals surface area contributed by atoms with Crippen molar-refractivity contribution in [1.82, 2.24) is 0 Å². The van der Waals surface area contributed by atoms with Gasteiger partial charge >= 0.3 is 0 Å². The smallest absolute Gasteiger partial charge is 0.0462 e. The van der Waals surface area contributed by atoms with Crippen molar-refractivity contribution in [1.29, 1.82) is 0 Å². The molecular weight excluding hydrogens is 198 g/mol. The molecule has 0 heterocycles. The van der Waals surface area contributed by atoms with Crippen LogP contribution < -0.4 is 5.73 Å². The van der Waals surface area contributed by atoms with Gasteiger partial charge in [-0.15, -0.1) is 0 Å². The molecule has 0 aliphatic carbocycles. The van der Waals surface area contributed by atoms with E-state index in [0.29, 0.717) is 0 Å². The van der Waals surface area contributed by atoms with Gasteiger partial charge in [-0.05, 0) is 24.5 Å². The normalized spacial score (nSPS) is 10.0. The van der Waals surface area contributed by atoms with Gasteiger partial charge in [0.05, 0.1) is 0 Å². The lowest BCUT2D eigenvalue weighted by Crippen LogP contribution is -1.86. The fraction of sp³-hybridized carbons (Fsp3) is 0.143. The highest BCUT2D eigenvalue weighted by Crippen LogP contribution is 2.34. The van der Waals surface area contributed by atoms with E-state index in [1.165, 1.54) is 0 Å². The van der Waals surface area contributed by atoms with Crippen LogP contribution in [0.1, 0.15) is 0 Å². The Kier molecular flexibility index (Phi) is 3.43. The Morgan fingerprint density at radius 2 is 2.18 bits per heavy atom. The molecule has 2 N–H and O–H groups in total. The van der Waals surface area contributed by atoms with Gasteiger partial charge in [-0.1, -0.05) is 33.2 Å². The second kappa shape index (κ2) is 4.14. The van der Waals surface area contributed by atoms with Gasteiger partial charge in [-0.3, -0.25) is 0 Å². The van der Waals surface area contributed by atoms with Gasteiger partial charge in [-0.25, -0.2) is 0 Å². The Bertz CT molecular complexity index is 252. The van der Waals surface area contributed by atoms with Crippen LogP contribution in [0, 0.1) is 0 Å². The van der Waals surface area contributed by atoms with Crippen LogP contribution in [0.2, 0.25) is 5.02 Å². The standard InChI is InChI=1S/C7H8ClNS2/c1-10-11-7-4-5(8)2-3-6(7)9/h2-4H,9H2,1H3. The number of hydrogen-bond donors (Lipinski definition) is 1. The average molecular weight is 206 g/mol. The Balaban J connectivity index is 2.93. The van der Waals surface area contributed by atoms with Gasteiger partial charge in [0.25, 0.3) is 0 Å². The largest absolute Gasteiger partial charge is 0.398 e. The lowest BCUT2D eigenvalue weighted by Gasteiger charge is -2.01. The molecule has 0 fully saturated rings. The predicted octanol–water partition coefficient (Wildman–Crippen LogP) is 3.29. The third kappa shape index (κ3) is 2.51. The van der Waals surface area contributed by atoms with E-state index in [9.17, 15) is 0 Å². The molecule has 1 aromatic carbocycles. The second-order valence-corrected chi connectivity index (χ2v) is 4.81. The van der Waals surface area contributed by atoms with Crippen LogP contribution in [0.5, 0.6) is 0 Å². The first-order valence-electron chi connectivity index (χ1n) is 2.99. The molecule has 4 heteroatoms. The highest BCUT2D eigenvalue weighted by Gasteiger charge is 1.98. The lowest BCUT2D eigenvalue weighted by molar-refractivity contribution is 1.47. The summed E-state index contributed by atoms with van der Waals surface area (Å²) in [7, 11) is 3.28. The maximum Gasteiger partial charge on any atom is 0.0462 e. The van der Waals surface area contributed by atoms with E-state index in [4.69, 9.17) is 17.3 Å². The number of anilines is 1. The summed E-state index contributed by atoms with van der Waals surface area (Å²) in [6, 6.07) is 5.49. The van der Waals surface area contributed by atoms with Crippen molar-refractivity contribution >= 4 is 38.9 Å². The Morgan fingerprint density at radius 1 is 1.45 bits per heavy atom. The summed E-state index contributed by atoms with van der Waals surface area (Å²) in [4.78, 5) is 1.03. The number of nitrogens with two attached hydrogens (primary N) is 1. The van der Waals surface area contributed by atoms with Crippen LogP contribution in [0.4, 0.5) is 5.69 Å². The van der Waals surface area contributed by atoms with Crippen molar-refractivity contribution in [3.63, 3.8) is 0 Å². The number of nitrogen functional groups attached to an aromatic ring is 1. The summed E-state index contributed by atoms with van der Waals surface area (Å²) in [5.74, 6) is 0. The topological polar surface area (TPSA) is 26.0 Å². The third-order valence-electron chi connectivity index (χ3n) is 1.15. The quantitative estimate of drug-likeness (QED) is 0.593. The van der Waals surface area contributed by atoms with E-state index in [2.05, 4.69) is 0 Å². The zero-order valence-electron chi connectivity index (χ0n) is 6.00. The van der Waals surface area contributed by atoms with Gasteiger partial charge < -0.3 is 5.73 Å². The van der Waals surface area contributed by atoms with Gasteiger partial charge in [0.2, 0.25) is 0 Å². The van der Waals surface area contributed by atoms with Crippen LogP contribution >= 0.6 is 33.2 Å². The molecule has 0 saturated heterocycles. The SMILES string of the molecule is CSSc1cc(Cl)ccc1N. The van der Waals surface area contributed by atoms with E-state index in [0.717, 1.165) is 15.6 Å². The van der Waals surface area contributed by atoms with Crippen LogP contribution in [0.3, 0.4) is 0 Å². The number of rotatable bonds is 2. The molecular formula is C7H8ClNS2. The molecule has 60 valence electrons. The van der Waals surface area contributed by atoms with E-state index >= 15 is 0 Å². The maximum absolute atomic E-state index is 5.77. The Hall–Kier alpha value is 0.01000. The van der Waals surface area contributed by atoms with E-state index in [-0.39, 0.29) is 0 Å². The summed E-state index contributed by atoms with van der Waals surface area (Å²) < 4.78 is 0. The molecule has 0 unspecified atom stereocenters. The van der Waals surface area contributed by atoms with Crippen LogP contribution in [0.25, 0.3) is 0 Å². The first-order chi connectivity index (χ1) is 5.24. The molecule has 0 aliphatic heterocycles. The summed E-state index contributed by atoms with van der Waals surface area (Å²) in [6.07, 6.45) is 2.00. The number of halogens is 1. The lowest BCUT2D eigenvalue weighted by atomic mass is 10.3. The molecule has 1 aromatic rings. The minimum absolute atomic E-state index is 0.732. The van der Waals surface area contributed by atoms with Crippen molar-refractivity contribution in [3.05, 3.63) is 23.2 Å². The minimum atomic E-state index is 0.732. The highest BCUT2D eigenvalue weighted by molar-refractivity contribution is 8.76. The number of hydrogen-bond acceptors (Lipinski definition) is 3. The zero-order valence-corrected chi connectivity index (χ0v) is 8.39. The Morgan fingerprint density at radius 3 is 2.82 bits per heavy atom. The monoisotopic (exact) mass is 205 g/mol. The van der Waals surface area contributed by atoms with E-state index < -0.39 is 0 Å². The zero-order chi connectivity index (χ0) is 8.27. The molecule has 1 rings (SSSR count). The minimum Gasteiger partial charge on any atom is -0.398 e. The van der Waals surface area contributed by atoms with E-state index in [1.54, 1.807) is 27.7 Å². The van der Waals surface area contributed by atoms with Crippen LogP contribution in [0.15, 0.2) is 23.1 Å². The molecule has 0 amide bonds. The third-order valence-corrected chi connectivity index (χ3v) is 3.12. The van der Waals surface area contributed by atoms with Gasteiger partial charge in [0.1, 0.15) is 0 Å². The molecule has 0 spiro atoms. The van der Waals surface area contributed by atoms with Crippen molar-refractivity contribution in [2.45, 2.75) is 4.90 Å². The van der Waals surface area contributed by atoms with Gasteiger partial charge in [-0.2, -0.15) is 0 Å². The number of benzene rings is 1. The van der Waals surface area contributed by atoms with E-state index in [1.807, 2.05) is 18.4 Å². The predicted molar refractivity (Wildman–Crippen MR) is 55.2 cm³/mol. The molecule has 0 saturated carbocycles. The van der Waals surface area contributed by atoms with Gasteiger partial charge in [0.15, 0.2) is 0 Å². The Labute approximate surface area is 79.1 Å². The summed E-state index contributed by atoms with van der Waals surface area (Å²) in [5.41, 5.74) is 6.47. The van der Waals surface area contributed by atoms with Crippen molar-refractivity contribution < 1.29 is 0 Å². The summed E-state index contributed by atoms with van der Waals surface area (Å²) in [5, 5.41) is 0.732. The molecule has 1 nitrogen and oxygen atoms in total. The second-order valence-electron chi connectivity index (χ2n) is 1.93. The first-order valence-corrected chi connectivity index (χ1v) is 5.93.